The number of hydrogen-bond donors (Lipinski definition) is 2. The van der Waals surface area contributed by atoms with Gasteiger partial charge in [0.05, 0.1) is 6.20 Å². The minimum Gasteiger partial charge on any atom is -0.365 e. The van der Waals surface area contributed by atoms with Crippen molar-refractivity contribution in [2.75, 3.05) is 5.32 Å². The second kappa shape index (κ2) is 5.59. The van der Waals surface area contributed by atoms with Gasteiger partial charge in [-0.2, -0.15) is 5.10 Å². The molecule has 4 rings (SSSR count). The summed E-state index contributed by atoms with van der Waals surface area (Å²) >= 11 is 3.43. The molecule has 24 heavy (non-hydrogen) atoms. The number of ketones is 1. The minimum absolute atomic E-state index is 0.124. The normalized spacial score (nSPS) is 19.5. The number of amides is 1. The summed E-state index contributed by atoms with van der Waals surface area (Å²) < 4.78 is 2.65. The number of anilines is 1. The zero-order valence-electron chi connectivity index (χ0n) is 12.8. The number of primary amides is 1. The van der Waals surface area contributed by atoms with Gasteiger partial charge < -0.3 is 11.1 Å². The van der Waals surface area contributed by atoms with Gasteiger partial charge >= 0.3 is 0 Å². The molecule has 7 heteroatoms. The van der Waals surface area contributed by atoms with Gasteiger partial charge in [-0.15, -0.1) is 0 Å². The number of nitrogens with zero attached hydrogens (tertiary/aromatic N) is 2. The molecule has 1 aliphatic heterocycles. The van der Waals surface area contributed by atoms with Crippen LogP contribution in [0.1, 0.15) is 41.2 Å². The van der Waals surface area contributed by atoms with Gasteiger partial charge in [-0.1, -0.05) is 28.1 Å². The van der Waals surface area contributed by atoms with Crippen LogP contribution in [0.4, 0.5) is 5.82 Å². The molecule has 0 bridgehead atoms. The molecule has 1 atom stereocenters. The van der Waals surface area contributed by atoms with E-state index in [9.17, 15) is 9.59 Å². The topological polar surface area (TPSA) is 90.0 Å². The quantitative estimate of drug-likeness (QED) is 0.829. The molecule has 2 aromatic rings. The van der Waals surface area contributed by atoms with Crippen molar-refractivity contribution in [3.8, 4) is 0 Å². The summed E-state index contributed by atoms with van der Waals surface area (Å²) in [5, 5.41) is 7.56. The first-order chi connectivity index (χ1) is 11.6. The van der Waals surface area contributed by atoms with E-state index >= 15 is 0 Å². The number of halogens is 1. The molecule has 0 spiro atoms. The average molecular weight is 387 g/mol. The summed E-state index contributed by atoms with van der Waals surface area (Å²) in [5.41, 5.74) is 8.34. The van der Waals surface area contributed by atoms with E-state index in [1.807, 2.05) is 24.3 Å². The highest BCUT2D eigenvalue weighted by Crippen LogP contribution is 2.41. The Morgan fingerprint density at radius 2 is 2.04 bits per heavy atom. The molecule has 1 aliphatic carbocycles. The molecule has 2 aliphatic rings. The van der Waals surface area contributed by atoms with Crippen molar-refractivity contribution < 1.29 is 9.59 Å². The van der Waals surface area contributed by atoms with Crippen LogP contribution in [0.3, 0.4) is 0 Å². The van der Waals surface area contributed by atoms with Gasteiger partial charge in [-0.25, -0.2) is 4.68 Å². The fraction of sp³-hybridized carbons (Fsp3) is 0.235. The number of nitrogens with one attached hydrogen (secondary N) is 1. The van der Waals surface area contributed by atoms with Crippen molar-refractivity contribution in [3.05, 3.63) is 57.3 Å². The van der Waals surface area contributed by atoms with Crippen molar-refractivity contribution >= 4 is 33.4 Å². The van der Waals surface area contributed by atoms with Crippen molar-refractivity contribution in [1.82, 2.24) is 9.78 Å². The highest BCUT2D eigenvalue weighted by atomic mass is 79.9. The molecule has 0 saturated carbocycles. The molecule has 0 radical (unpaired) electrons. The maximum absolute atomic E-state index is 12.6. The summed E-state index contributed by atoms with van der Waals surface area (Å²) in [5.74, 6) is 0.145. The molecular weight excluding hydrogens is 372 g/mol. The van der Waals surface area contributed by atoms with Crippen molar-refractivity contribution in [2.45, 2.75) is 25.3 Å². The number of carbonyl (C=O) groups is 2. The van der Waals surface area contributed by atoms with Crippen molar-refractivity contribution in [3.63, 3.8) is 0 Å². The number of benzene rings is 1. The summed E-state index contributed by atoms with van der Waals surface area (Å²) in [6.07, 6.45) is 3.57. The van der Waals surface area contributed by atoms with Crippen LogP contribution in [0.15, 0.2) is 46.2 Å². The third-order valence-corrected chi connectivity index (χ3v) is 5.02. The van der Waals surface area contributed by atoms with Gasteiger partial charge in [0.2, 0.25) is 0 Å². The zero-order valence-corrected chi connectivity index (χ0v) is 14.3. The number of Topliss-reactive ketones (excluding diaryl/α,β-unsaturated/α-hetero) is 1. The fourth-order valence-corrected chi connectivity index (χ4v) is 3.66. The lowest BCUT2D eigenvalue weighted by molar-refractivity contribution is -0.116. The van der Waals surface area contributed by atoms with Crippen LogP contribution in [0.2, 0.25) is 0 Å². The van der Waals surface area contributed by atoms with E-state index in [0.717, 1.165) is 34.1 Å². The second-order valence-electron chi connectivity index (χ2n) is 5.96. The lowest BCUT2D eigenvalue weighted by atomic mass is 9.85. The monoisotopic (exact) mass is 386 g/mol. The summed E-state index contributed by atoms with van der Waals surface area (Å²) in [7, 11) is 0. The molecule has 1 amide bonds. The lowest BCUT2D eigenvalue weighted by Gasteiger charge is -2.33. The number of aromatic nitrogens is 2. The van der Waals surface area contributed by atoms with E-state index in [1.54, 1.807) is 4.68 Å². The maximum Gasteiger partial charge on any atom is 0.254 e. The molecule has 3 N–H and O–H groups in total. The first kappa shape index (κ1) is 15.1. The maximum atomic E-state index is 12.6. The molecule has 6 nitrogen and oxygen atoms in total. The Morgan fingerprint density at radius 1 is 1.29 bits per heavy atom. The van der Waals surface area contributed by atoms with Crippen molar-refractivity contribution in [2.24, 2.45) is 5.73 Å². The highest BCUT2D eigenvalue weighted by Gasteiger charge is 2.37. The van der Waals surface area contributed by atoms with Crippen LogP contribution < -0.4 is 11.1 Å². The predicted octanol–water partition coefficient (Wildman–Crippen LogP) is 2.77. The van der Waals surface area contributed by atoms with Gasteiger partial charge in [-0.05, 0) is 30.5 Å². The van der Waals surface area contributed by atoms with Crippen LogP contribution >= 0.6 is 15.9 Å². The number of carbonyl (C=O) groups excluding carboxylic acids is 2. The molecule has 0 saturated heterocycles. The predicted molar refractivity (Wildman–Crippen MR) is 92.5 cm³/mol. The summed E-state index contributed by atoms with van der Waals surface area (Å²) in [4.78, 5) is 24.3. The Kier molecular flexibility index (Phi) is 3.53. The average Bonchev–Trinajstić information content (AvgIpc) is 2.98. The summed E-state index contributed by atoms with van der Waals surface area (Å²) in [6.45, 7) is 0. The Hall–Kier alpha value is -2.41. The zero-order chi connectivity index (χ0) is 16.8. The molecule has 122 valence electrons. The van der Waals surface area contributed by atoms with Gasteiger partial charge in [0.1, 0.15) is 17.4 Å². The van der Waals surface area contributed by atoms with Crippen LogP contribution in [0, 0.1) is 0 Å². The third kappa shape index (κ3) is 2.27. The minimum atomic E-state index is -0.538. The van der Waals surface area contributed by atoms with Crippen molar-refractivity contribution in [1.29, 1.82) is 0 Å². The number of fused-ring (bicyclic) bond motifs is 1. The first-order valence-electron chi connectivity index (χ1n) is 7.72. The highest BCUT2D eigenvalue weighted by molar-refractivity contribution is 9.10. The number of rotatable bonds is 2. The Bertz CT molecular complexity index is 882. The van der Waals surface area contributed by atoms with Gasteiger partial charge in [0, 0.05) is 22.2 Å². The summed E-state index contributed by atoms with van der Waals surface area (Å²) in [6, 6.07) is 7.45. The van der Waals surface area contributed by atoms with Gasteiger partial charge in [0.15, 0.2) is 5.78 Å². The molecule has 2 heterocycles. The van der Waals surface area contributed by atoms with Gasteiger partial charge in [0.25, 0.3) is 5.91 Å². The molecular formula is C17H15BrN4O2. The van der Waals surface area contributed by atoms with Gasteiger partial charge in [-0.3, -0.25) is 9.59 Å². The standard InChI is InChI=1S/C17H15BrN4O2/c18-10-6-4-9(5-7-10)15-14-12(2-1-3-13(14)23)21-17-11(16(19)24)8-20-22(15)17/h4-8,15,21H,1-3H2,(H2,19,24)/t15-/m0/s1. The lowest BCUT2D eigenvalue weighted by Crippen LogP contribution is -2.32. The molecule has 0 unspecified atom stereocenters. The van der Waals surface area contributed by atoms with Crippen LogP contribution in [-0.2, 0) is 4.79 Å². The van der Waals surface area contributed by atoms with E-state index in [0.29, 0.717) is 17.8 Å². The number of nitrogens with two attached hydrogens (primary N) is 1. The fourth-order valence-electron chi connectivity index (χ4n) is 3.39. The Balaban J connectivity index is 1.93. The first-order valence-corrected chi connectivity index (χ1v) is 8.51. The van der Waals surface area contributed by atoms with Crippen LogP contribution in [0.25, 0.3) is 0 Å². The van der Waals surface area contributed by atoms with E-state index in [4.69, 9.17) is 5.73 Å². The SMILES string of the molecule is NC(=O)c1cnn2c1NC1=C(C(=O)CCC1)[C@@H]2c1ccc(Br)cc1. The molecule has 0 fully saturated rings. The largest absolute Gasteiger partial charge is 0.365 e. The van der Waals surface area contributed by atoms with E-state index in [2.05, 4.69) is 26.3 Å². The van der Waals surface area contributed by atoms with E-state index in [1.165, 1.54) is 6.20 Å². The number of hydrogen-bond acceptors (Lipinski definition) is 4. The van der Waals surface area contributed by atoms with Crippen LogP contribution in [0.5, 0.6) is 0 Å². The molecule has 1 aromatic heterocycles. The van der Waals surface area contributed by atoms with E-state index < -0.39 is 5.91 Å². The Labute approximate surface area is 146 Å². The number of allylic oxidation sites excluding steroid dienone is 2. The molecule has 1 aromatic carbocycles. The van der Waals surface area contributed by atoms with Crippen LogP contribution in [-0.4, -0.2) is 21.5 Å². The second-order valence-corrected chi connectivity index (χ2v) is 6.88. The van der Waals surface area contributed by atoms with E-state index in [-0.39, 0.29) is 11.8 Å². The third-order valence-electron chi connectivity index (χ3n) is 4.49. The smallest absolute Gasteiger partial charge is 0.254 e. The Morgan fingerprint density at radius 3 is 2.75 bits per heavy atom.